The molecule has 2 aromatic carbocycles. The number of hydrogen-bond acceptors (Lipinski definition) is 2. The molecule has 23 heavy (non-hydrogen) atoms. The highest BCUT2D eigenvalue weighted by Crippen LogP contribution is 2.48. The topological polar surface area (TPSA) is 55.1 Å². The fourth-order valence-electron chi connectivity index (χ4n) is 2.89. The van der Waals surface area contributed by atoms with Crippen LogP contribution in [0.5, 0.6) is 0 Å². The van der Waals surface area contributed by atoms with Gasteiger partial charge in [-0.3, -0.25) is 4.79 Å². The lowest BCUT2D eigenvalue weighted by atomic mass is 9.91. The lowest BCUT2D eigenvalue weighted by molar-refractivity contribution is -0.126. The van der Waals surface area contributed by atoms with E-state index in [9.17, 15) is 4.79 Å². The van der Waals surface area contributed by atoms with E-state index in [1.165, 1.54) is 5.56 Å². The number of nitrogens with one attached hydrogen (secondary N) is 1. The molecule has 0 bridgehead atoms. The maximum Gasteiger partial charge on any atom is 0.244 e. The lowest BCUT2D eigenvalue weighted by Gasteiger charge is -2.26. The summed E-state index contributed by atoms with van der Waals surface area (Å²) in [6.07, 6.45) is 2.19. The first kappa shape index (κ1) is 16.2. The first-order chi connectivity index (χ1) is 10.9. The van der Waals surface area contributed by atoms with Crippen LogP contribution in [0.3, 0.4) is 0 Å². The molecule has 3 rings (SSSR count). The van der Waals surface area contributed by atoms with Gasteiger partial charge in [-0.15, -0.1) is 0 Å². The van der Waals surface area contributed by atoms with Crippen LogP contribution in [0, 0.1) is 0 Å². The van der Waals surface area contributed by atoms with Gasteiger partial charge < -0.3 is 11.1 Å². The average Bonchev–Trinajstić information content (AvgIpc) is 3.34. The van der Waals surface area contributed by atoms with E-state index in [0.29, 0.717) is 6.54 Å². The van der Waals surface area contributed by atoms with E-state index >= 15 is 0 Å². The number of nitrogens with two attached hydrogens (primary N) is 1. The molecule has 0 aromatic heterocycles. The Balaban J connectivity index is 1.70. The normalized spacial score (nSPS) is 18.0. The fourth-order valence-corrected chi connectivity index (χ4v) is 3.28. The Kier molecular flexibility index (Phi) is 4.30. The van der Waals surface area contributed by atoms with Crippen molar-refractivity contribution in [2.75, 3.05) is 6.54 Å². The summed E-state index contributed by atoms with van der Waals surface area (Å²) in [5, 5.41) is 3.06. The molecular formula is C19H21BrN2O. The summed E-state index contributed by atoms with van der Waals surface area (Å²) < 4.78 is 1.07. The van der Waals surface area contributed by atoms with Crippen molar-refractivity contribution in [1.82, 2.24) is 5.32 Å². The van der Waals surface area contributed by atoms with E-state index in [1.807, 2.05) is 42.5 Å². The number of carbonyl (C=O) groups is 1. The van der Waals surface area contributed by atoms with Crippen LogP contribution >= 0.6 is 15.9 Å². The zero-order valence-electron chi connectivity index (χ0n) is 13.2. The Hall–Kier alpha value is -1.65. The van der Waals surface area contributed by atoms with Gasteiger partial charge in [0.1, 0.15) is 5.54 Å². The first-order valence-electron chi connectivity index (χ1n) is 7.83. The summed E-state index contributed by atoms with van der Waals surface area (Å²) in [4.78, 5) is 12.6. The molecule has 0 heterocycles. The largest absolute Gasteiger partial charge is 0.353 e. The number of benzene rings is 2. The molecule has 3 nitrogen and oxygen atoms in total. The number of rotatable bonds is 5. The lowest BCUT2D eigenvalue weighted by Crippen LogP contribution is -2.50. The molecule has 0 radical (unpaired) electrons. The van der Waals surface area contributed by atoms with Crippen molar-refractivity contribution in [2.24, 2.45) is 5.73 Å². The zero-order valence-corrected chi connectivity index (χ0v) is 14.8. The fraction of sp³-hybridized carbons (Fsp3) is 0.316. The van der Waals surface area contributed by atoms with Crippen LogP contribution in [0.4, 0.5) is 0 Å². The monoisotopic (exact) mass is 372 g/mol. The molecule has 0 saturated heterocycles. The molecule has 1 aliphatic carbocycles. The Morgan fingerprint density at radius 1 is 1.22 bits per heavy atom. The van der Waals surface area contributed by atoms with Crippen LogP contribution in [-0.2, 0) is 15.7 Å². The van der Waals surface area contributed by atoms with Gasteiger partial charge >= 0.3 is 0 Å². The highest BCUT2D eigenvalue weighted by molar-refractivity contribution is 9.10. The number of amides is 1. The number of hydrogen-bond donors (Lipinski definition) is 2. The Labute approximate surface area is 145 Å². The predicted octanol–water partition coefficient (Wildman–Crippen LogP) is 3.47. The maximum atomic E-state index is 12.6. The number of carbonyl (C=O) groups excluding carboxylic acids is 1. The van der Waals surface area contributed by atoms with E-state index in [0.717, 1.165) is 22.9 Å². The summed E-state index contributed by atoms with van der Waals surface area (Å²) in [5.74, 6) is -0.134. The van der Waals surface area contributed by atoms with Crippen LogP contribution in [0.1, 0.15) is 30.9 Å². The molecule has 0 aliphatic heterocycles. The summed E-state index contributed by atoms with van der Waals surface area (Å²) in [5.41, 5.74) is 7.41. The second-order valence-corrected chi connectivity index (χ2v) is 7.46. The Bertz CT molecular complexity index is 708. The van der Waals surface area contributed by atoms with Gasteiger partial charge in [0.25, 0.3) is 0 Å². The maximum absolute atomic E-state index is 12.6. The highest BCUT2D eigenvalue weighted by Gasteiger charge is 2.45. The molecule has 3 N–H and O–H groups in total. The summed E-state index contributed by atoms with van der Waals surface area (Å²) in [6, 6.07) is 17.8. The van der Waals surface area contributed by atoms with Crippen LogP contribution < -0.4 is 11.1 Å². The van der Waals surface area contributed by atoms with Gasteiger partial charge in [0, 0.05) is 16.4 Å². The smallest absolute Gasteiger partial charge is 0.244 e. The van der Waals surface area contributed by atoms with Gasteiger partial charge in [0.15, 0.2) is 0 Å². The van der Waals surface area contributed by atoms with Gasteiger partial charge in [0.05, 0.1) is 0 Å². The van der Waals surface area contributed by atoms with Gasteiger partial charge in [-0.25, -0.2) is 0 Å². The summed E-state index contributed by atoms with van der Waals surface area (Å²) in [7, 11) is 0. The van der Waals surface area contributed by atoms with Gasteiger partial charge in [0.2, 0.25) is 5.91 Å². The molecule has 1 amide bonds. The van der Waals surface area contributed by atoms with Crippen LogP contribution in [0.25, 0.3) is 0 Å². The molecule has 1 saturated carbocycles. The van der Waals surface area contributed by atoms with Crippen molar-refractivity contribution in [3.8, 4) is 0 Å². The third kappa shape index (κ3) is 3.33. The SMILES string of the molecule is CC(N)(C(=O)NCC1(c2cccc(Br)c2)CC1)c1ccccc1. The quantitative estimate of drug-likeness (QED) is 0.843. The van der Waals surface area contributed by atoms with E-state index in [-0.39, 0.29) is 11.3 Å². The summed E-state index contributed by atoms with van der Waals surface area (Å²) >= 11 is 3.52. The molecule has 0 spiro atoms. The minimum Gasteiger partial charge on any atom is -0.353 e. The van der Waals surface area contributed by atoms with Gasteiger partial charge in [-0.2, -0.15) is 0 Å². The van der Waals surface area contributed by atoms with Crippen molar-refractivity contribution in [3.63, 3.8) is 0 Å². The van der Waals surface area contributed by atoms with Crippen molar-refractivity contribution in [2.45, 2.75) is 30.7 Å². The van der Waals surface area contributed by atoms with Crippen molar-refractivity contribution >= 4 is 21.8 Å². The van der Waals surface area contributed by atoms with Crippen LogP contribution in [0.2, 0.25) is 0 Å². The first-order valence-corrected chi connectivity index (χ1v) is 8.62. The molecule has 4 heteroatoms. The van der Waals surface area contributed by atoms with E-state index in [4.69, 9.17) is 5.73 Å². The third-order valence-electron chi connectivity index (χ3n) is 4.72. The highest BCUT2D eigenvalue weighted by atomic mass is 79.9. The van der Waals surface area contributed by atoms with Crippen molar-refractivity contribution in [3.05, 3.63) is 70.2 Å². The zero-order chi connectivity index (χ0) is 16.5. The van der Waals surface area contributed by atoms with Crippen LogP contribution in [0.15, 0.2) is 59.1 Å². The minimum absolute atomic E-state index is 0.0617. The molecule has 1 atom stereocenters. The second kappa shape index (κ2) is 6.10. The van der Waals surface area contributed by atoms with Gasteiger partial charge in [-0.1, -0.05) is 58.4 Å². The molecule has 1 unspecified atom stereocenters. The third-order valence-corrected chi connectivity index (χ3v) is 5.22. The average molecular weight is 373 g/mol. The van der Waals surface area contributed by atoms with E-state index < -0.39 is 5.54 Å². The Morgan fingerprint density at radius 3 is 2.52 bits per heavy atom. The molecule has 1 aliphatic rings. The van der Waals surface area contributed by atoms with Crippen LogP contribution in [-0.4, -0.2) is 12.5 Å². The molecule has 1 fully saturated rings. The van der Waals surface area contributed by atoms with Gasteiger partial charge in [-0.05, 0) is 43.0 Å². The molecular weight excluding hydrogens is 352 g/mol. The Morgan fingerprint density at radius 2 is 1.91 bits per heavy atom. The van der Waals surface area contributed by atoms with E-state index in [2.05, 4.69) is 33.4 Å². The van der Waals surface area contributed by atoms with Crippen molar-refractivity contribution in [1.29, 1.82) is 0 Å². The van der Waals surface area contributed by atoms with E-state index in [1.54, 1.807) is 6.92 Å². The predicted molar refractivity (Wildman–Crippen MR) is 96.0 cm³/mol. The minimum atomic E-state index is -1.02. The molecule has 2 aromatic rings. The number of halogens is 1. The van der Waals surface area contributed by atoms with Crippen molar-refractivity contribution < 1.29 is 4.79 Å². The molecule has 120 valence electrons. The summed E-state index contributed by atoms with van der Waals surface area (Å²) in [6.45, 7) is 2.39. The standard InChI is InChI=1S/C19H21BrN2O/c1-18(21,14-6-3-2-4-7-14)17(23)22-13-19(10-11-19)15-8-5-9-16(20)12-15/h2-9,12H,10-11,13,21H2,1H3,(H,22,23). The second-order valence-electron chi connectivity index (χ2n) is 6.54.